The number of benzene rings is 1. The predicted octanol–water partition coefficient (Wildman–Crippen LogP) is 1.82. The maximum Gasteiger partial charge on any atom is 0.251 e. The maximum atomic E-state index is 12.5. The Bertz CT molecular complexity index is 927. The van der Waals surface area contributed by atoms with Gasteiger partial charge < -0.3 is 24.1 Å². The lowest BCUT2D eigenvalue weighted by molar-refractivity contribution is -0.122. The molecule has 1 amide bonds. The summed E-state index contributed by atoms with van der Waals surface area (Å²) in [6.07, 6.45) is 1.61. The van der Waals surface area contributed by atoms with Crippen LogP contribution in [0.3, 0.4) is 0 Å². The zero-order valence-electron chi connectivity index (χ0n) is 17.1. The number of nitrogens with one attached hydrogen (secondary N) is 1. The number of amides is 1. The zero-order valence-corrected chi connectivity index (χ0v) is 18.7. The number of rotatable bonds is 8. The van der Waals surface area contributed by atoms with Gasteiger partial charge in [-0.1, -0.05) is 6.07 Å². The molecule has 0 spiro atoms. The minimum atomic E-state index is -0.228. The van der Waals surface area contributed by atoms with Crippen molar-refractivity contribution in [2.75, 3.05) is 47.1 Å². The van der Waals surface area contributed by atoms with E-state index in [2.05, 4.69) is 26.1 Å². The first-order valence-electron chi connectivity index (χ1n) is 9.68. The standard InChI is InChI=1S/C21H26BrN3O5/c1-28-18-5-3-15(11-19(18)29-2)17(24-7-9-30-10-8-24)12-23-20(26)14-25-13-16(22)4-6-21(25)27/h3-6,11,13,17H,7-10,12,14H2,1-2H3,(H,23,26). The molecular weight excluding hydrogens is 454 g/mol. The van der Waals surface area contributed by atoms with Gasteiger partial charge in [0, 0.05) is 36.4 Å². The van der Waals surface area contributed by atoms with E-state index in [0.29, 0.717) is 31.3 Å². The molecule has 1 atom stereocenters. The molecule has 0 bridgehead atoms. The molecule has 1 aromatic carbocycles. The van der Waals surface area contributed by atoms with Crippen molar-refractivity contribution in [2.24, 2.45) is 0 Å². The molecule has 1 saturated heterocycles. The van der Waals surface area contributed by atoms with Crippen LogP contribution in [0, 0.1) is 0 Å². The number of nitrogens with zero attached hydrogens (tertiary/aromatic N) is 2. The van der Waals surface area contributed by atoms with Gasteiger partial charge in [-0.15, -0.1) is 0 Å². The SMILES string of the molecule is COc1ccc(C(CNC(=O)Cn2cc(Br)ccc2=O)N2CCOCC2)cc1OC. The van der Waals surface area contributed by atoms with Crippen LogP contribution in [0.15, 0.2) is 45.8 Å². The van der Waals surface area contributed by atoms with E-state index in [0.717, 1.165) is 23.1 Å². The first kappa shape index (κ1) is 22.3. The molecular formula is C21H26BrN3O5. The highest BCUT2D eigenvalue weighted by Crippen LogP contribution is 2.32. The molecule has 30 heavy (non-hydrogen) atoms. The molecule has 8 nitrogen and oxygen atoms in total. The number of hydrogen-bond acceptors (Lipinski definition) is 6. The van der Waals surface area contributed by atoms with E-state index in [-0.39, 0.29) is 24.1 Å². The highest BCUT2D eigenvalue weighted by molar-refractivity contribution is 9.10. The van der Waals surface area contributed by atoms with Crippen LogP contribution in [0.5, 0.6) is 11.5 Å². The molecule has 1 aliphatic rings. The van der Waals surface area contributed by atoms with E-state index in [1.54, 1.807) is 26.5 Å². The fourth-order valence-electron chi connectivity index (χ4n) is 3.45. The first-order chi connectivity index (χ1) is 14.5. The van der Waals surface area contributed by atoms with Crippen LogP contribution in [0.1, 0.15) is 11.6 Å². The second-order valence-electron chi connectivity index (χ2n) is 6.90. The van der Waals surface area contributed by atoms with Gasteiger partial charge in [-0.2, -0.15) is 0 Å². The van der Waals surface area contributed by atoms with Crippen molar-refractivity contribution >= 4 is 21.8 Å². The molecule has 3 rings (SSSR count). The van der Waals surface area contributed by atoms with Gasteiger partial charge in [0.1, 0.15) is 6.54 Å². The molecule has 1 fully saturated rings. The van der Waals surface area contributed by atoms with Crippen LogP contribution >= 0.6 is 15.9 Å². The van der Waals surface area contributed by atoms with Gasteiger partial charge in [0.15, 0.2) is 11.5 Å². The Morgan fingerprint density at radius 3 is 2.60 bits per heavy atom. The Labute approximate surface area is 183 Å². The van der Waals surface area contributed by atoms with Crippen LogP contribution in [0.2, 0.25) is 0 Å². The lowest BCUT2D eigenvalue weighted by Crippen LogP contribution is -2.44. The maximum absolute atomic E-state index is 12.5. The molecule has 1 N–H and O–H groups in total. The third-order valence-corrected chi connectivity index (χ3v) is 5.50. The van der Waals surface area contributed by atoms with Gasteiger partial charge in [-0.3, -0.25) is 14.5 Å². The van der Waals surface area contributed by atoms with Crippen LogP contribution in [0.25, 0.3) is 0 Å². The molecule has 0 saturated carbocycles. The van der Waals surface area contributed by atoms with Gasteiger partial charge in [-0.05, 0) is 39.7 Å². The van der Waals surface area contributed by atoms with Crippen LogP contribution < -0.4 is 20.3 Å². The van der Waals surface area contributed by atoms with Crippen molar-refractivity contribution in [3.63, 3.8) is 0 Å². The average Bonchev–Trinajstić information content (AvgIpc) is 2.77. The second-order valence-corrected chi connectivity index (χ2v) is 7.81. The number of pyridine rings is 1. The summed E-state index contributed by atoms with van der Waals surface area (Å²) in [7, 11) is 3.20. The van der Waals surface area contributed by atoms with Gasteiger partial charge in [0.05, 0.1) is 33.5 Å². The van der Waals surface area contributed by atoms with Crippen LogP contribution in [-0.2, 0) is 16.1 Å². The molecule has 1 aliphatic heterocycles. The van der Waals surface area contributed by atoms with Crippen molar-refractivity contribution in [3.05, 3.63) is 56.9 Å². The zero-order chi connectivity index (χ0) is 21.5. The number of methoxy groups -OCH3 is 2. The monoisotopic (exact) mass is 479 g/mol. The van der Waals surface area contributed by atoms with E-state index in [1.165, 1.54) is 10.6 Å². The molecule has 2 heterocycles. The minimum Gasteiger partial charge on any atom is -0.493 e. The quantitative estimate of drug-likeness (QED) is 0.621. The summed E-state index contributed by atoms with van der Waals surface area (Å²) in [4.78, 5) is 26.8. The van der Waals surface area contributed by atoms with Crippen molar-refractivity contribution in [1.29, 1.82) is 0 Å². The Balaban J connectivity index is 1.75. The molecule has 1 unspecified atom stereocenters. The number of halogens is 1. The summed E-state index contributed by atoms with van der Waals surface area (Å²) in [5, 5.41) is 2.97. The lowest BCUT2D eigenvalue weighted by atomic mass is 10.0. The molecule has 1 aromatic heterocycles. The predicted molar refractivity (Wildman–Crippen MR) is 116 cm³/mol. The van der Waals surface area contributed by atoms with Gasteiger partial charge in [0.2, 0.25) is 5.91 Å². The summed E-state index contributed by atoms with van der Waals surface area (Å²) in [6, 6.07) is 8.80. The third-order valence-electron chi connectivity index (χ3n) is 5.03. The molecule has 2 aromatic rings. The van der Waals surface area contributed by atoms with E-state index in [9.17, 15) is 9.59 Å². The molecule has 162 valence electrons. The van der Waals surface area contributed by atoms with Crippen molar-refractivity contribution in [2.45, 2.75) is 12.6 Å². The van der Waals surface area contributed by atoms with Crippen molar-refractivity contribution in [1.82, 2.24) is 14.8 Å². The highest BCUT2D eigenvalue weighted by Gasteiger charge is 2.24. The Kier molecular flexibility index (Phi) is 7.89. The summed E-state index contributed by atoms with van der Waals surface area (Å²) < 4.78 is 18.4. The largest absolute Gasteiger partial charge is 0.493 e. The smallest absolute Gasteiger partial charge is 0.251 e. The summed E-state index contributed by atoms with van der Waals surface area (Å²) in [6.45, 7) is 3.17. The second kappa shape index (κ2) is 10.6. The topological polar surface area (TPSA) is 82.0 Å². The van der Waals surface area contributed by atoms with E-state index >= 15 is 0 Å². The van der Waals surface area contributed by atoms with Gasteiger partial charge in [0.25, 0.3) is 5.56 Å². The Morgan fingerprint density at radius 2 is 1.90 bits per heavy atom. The van der Waals surface area contributed by atoms with Crippen molar-refractivity contribution < 1.29 is 19.0 Å². The average molecular weight is 480 g/mol. The summed E-state index contributed by atoms with van der Waals surface area (Å²) in [5.74, 6) is 1.06. The molecule has 0 radical (unpaired) electrons. The minimum absolute atomic E-state index is 0.0416. The fourth-order valence-corrected chi connectivity index (χ4v) is 3.83. The van der Waals surface area contributed by atoms with E-state index in [1.807, 2.05) is 18.2 Å². The van der Waals surface area contributed by atoms with Crippen LogP contribution in [-0.4, -0.2) is 62.4 Å². The Hall–Kier alpha value is -2.36. The molecule has 9 heteroatoms. The number of hydrogen-bond donors (Lipinski definition) is 1. The number of carbonyl (C=O) groups excluding carboxylic acids is 1. The first-order valence-corrected chi connectivity index (χ1v) is 10.5. The fraction of sp³-hybridized carbons (Fsp3) is 0.429. The number of aromatic nitrogens is 1. The lowest BCUT2D eigenvalue weighted by Gasteiger charge is -2.35. The Morgan fingerprint density at radius 1 is 1.17 bits per heavy atom. The van der Waals surface area contributed by atoms with E-state index < -0.39 is 0 Å². The van der Waals surface area contributed by atoms with Gasteiger partial charge in [-0.25, -0.2) is 0 Å². The summed E-state index contributed by atoms with van der Waals surface area (Å²) >= 11 is 3.32. The highest BCUT2D eigenvalue weighted by atomic mass is 79.9. The number of carbonyl (C=O) groups is 1. The number of morpholine rings is 1. The number of ether oxygens (including phenoxy) is 3. The molecule has 0 aliphatic carbocycles. The normalized spacial score (nSPS) is 15.4. The third kappa shape index (κ3) is 5.62. The van der Waals surface area contributed by atoms with Gasteiger partial charge >= 0.3 is 0 Å². The van der Waals surface area contributed by atoms with Crippen LogP contribution in [0.4, 0.5) is 0 Å². The van der Waals surface area contributed by atoms with E-state index in [4.69, 9.17) is 14.2 Å². The van der Waals surface area contributed by atoms with Crippen molar-refractivity contribution in [3.8, 4) is 11.5 Å². The summed E-state index contributed by atoms with van der Waals surface area (Å²) in [5.41, 5.74) is 0.785.